The number of benzene rings is 2. The molecule has 128 valence electrons. The molecule has 0 fully saturated rings. The number of aromatic nitrogens is 2. The van der Waals surface area contributed by atoms with Crippen LogP contribution in [0.5, 0.6) is 5.75 Å². The maximum Gasteiger partial charge on any atom is 0.263 e. The standard InChI is InChI=1S/C20H21N3O2/c1-2-16-9-6-10-18(13-16)25-15-20(24)22-19-11-12-21-23(19)14-17-7-4-3-5-8-17/h3-13H,2,14-15H2,1H3,(H,22,24). The van der Waals surface area contributed by atoms with Crippen molar-refractivity contribution >= 4 is 11.7 Å². The SMILES string of the molecule is CCc1cccc(OCC(=O)Nc2ccnn2Cc2ccccc2)c1. The van der Waals surface area contributed by atoms with Crippen LogP contribution in [0.4, 0.5) is 5.82 Å². The summed E-state index contributed by atoms with van der Waals surface area (Å²) in [6, 6.07) is 19.5. The molecule has 1 amide bonds. The van der Waals surface area contributed by atoms with Gasteiger partial charge in [-0.25, -0.2) is 4.68 Å². The molecule has 25 heavy (non-hydrogen) atoms. The Bertz CT molecular complexity index is 828. The van der Waals surface area contributed by atoms with Crippen LogP contribution in [0.2, 0.25) is 0 Å². The Morgan fingerprint density at radius 3 is 2.68 bits per heavy atom. The number of ether oxygens (including phenoxy) is 1. The first kappa shape index (κ1) is 16.8. The molecule has 0 aliphatic carbocycles. The predicted octanol–water partition coefficient (Wildman–Crippen LogP) is 3.51. The third-order valence-corrected chi connectivity index (χ3v) is 3.84. The molecule has 0 unspecified atom stereocenters. The van der Waals surface area contributed by atoms with Gasteiger partial charge in [-0.2, -0.15) is 5.10 Å². The minimum absolute atomic E-state index is 0.0380. The van der Waals surface area contributed by atoms with Gasteiger partial charge < -0.3 is 10.1 Å². The number of hydrogen-bond acceptors (Lipinski definition) is 3. The van der Waals surface area contributed by atoms with Crippen molar-refractivity contribution in [2.75, 3.05) is 11.9 Å². The van der Waals surface area contributed by atoms with E-state index in [-0.39, 0.29) is 12.5 Å². The van der Waals surface area contributed by atoms with E-state index >= 15 is 0 Å². The second-order valence-corrected chi connectivity index (χ2v) is 5.70. The summed E-state index contributed by atoms with van der Waals surface area (Å²) in [5, 5.41) is 7.11. The molecule has 0 atom stereocenters. The molecule has 1 N–H and O–H groups in total. The Kier molecular flexibility index (Phi) is 5.46. The zero-order valence-corrected chi connectivity index (χ0v) is 14.2. The molecule has 5 nitrogen and oxygen atoms in total. The maximum absolute atomic E-state index is 12.2. The van der Waals surface area contributed by atoms with Gasteiger partial charge in [0.05, 0.1) is 12.7 Å². The molecule has 1 aromatic heterocycles. The summed E-state index contributed by atoms with van der Waals surface area (Å²) in [6.07, 6.45) is 2.60. The summed E-state index contributed by atoms with van der Waals surface area (Å²) in [4.78, 5) is 12.2. The first-order valence-corrected chi connectivity index (χ1v) is 8.32. The smallest absolute Gasteiger partial charge is 0.263 e. The summed E-state index contributed by atoms with van der Waals surface area (Å²) in [6.45, 7) is 2.65. The lowest BCUT2D eigenvalue weighted by Gasteiger charge is -2.10. The zero-order valence-electron chi connectivity index (χ0n) is 14.2. The molecule has 0 spiro atoms. The lowest BCUT2D eigenvalue weighted by atomic mass is 10.2. The van der Waals surface area contributed by atoms with Gasteiger partial charge in [-0.3, -0.25) is 4.79 Å². The summed E-state index contributed by atoms with van der Waals surface area (Å²) in [7, 11) is 0. The van der Waals surface area contributed by atoms with Crippen molar-refractivity contribution in [3.8, 4) is 5.75 Å². The monoisotopic (exact) mass is 335 g/mol. The van der Waals surface area contributed by atoms with Gasteiger partial charge in [0, 0.05) is 6.07 Å². The van der Waals surface area contributed by atoms with Crippen molar-refractivity contribution in [3.05, 3.63) is 78.0 Å². The summed E-state index contributed by atoms with van der Waals surface area (Å²) in [5.74, 6) is 1.14. The lowest BCUT2D eigenvalue weighted by Crippen LogP contribution is -2.22. The first-order chi connectivity index (χ1) is 12.2. The Balaban J connectivity index is 1.57. The maximum atomic E-state index is 12.2. The number of nitrogens with one attached hydrogen (secondary N) is 1. The van der Waals surface area contributed by atoms with Crippen LogP contribution in [-0.4, -0.2) is 22.3 Å². The molecule has 5 heteroatoms. The van der Waals surface area contributed by atoms with Crippen LogP contribution in [0.15, 0.2) is 66.9 Å². The molecule has 0 radical (unpaired) electrons. The fraction of sp³-hybridized carbons (Fsp3) is 0.200. The van der Waals surface area contributed by atoms with Crippen molar-refractivity contribution in [2.45, 2.75) is 19.9 Å². The highest BCUT2D eigenvalue weighted by Crippen LogP contribution is 2.14. The van der Waals surface area contributed by atoms with E-state index in [1.165, 1.54) is 5.56 Å². The normalized spacial score (nSPS) is 10.4. The highest BCUT2D eigenvalue weighted by atomic mass is 16.5. The van der Waals surface area contributed by atoms with E-state index in [4.69, 9.17) is 4.74 Å². The van der Waals surface area contributed by atoms with Crippen LogP contribution in [-0.2, 0) is 17.8 Å². The van der Waals surface area contributed by atoms with E-state index in [9.17, 15) is 4.79 Å². The topological polar surface area (TPSA) is 56.1 Å². The van der Waals surface area contributed by atoms with Gasteiger partial charge in [-0.1, -0.05) is 49.4 Å². The quantitative estimate of drug-likeness (QED) is 0.719. The summed E-state index contributed by atoms with van der Waals surface area (Å²) >= 11 is 0. The second kappa shape index (κ2) is 8.15. The number of carbonyl (C=O) groups excluding carboxylic acids is 1. The van der Waals surface area contributed by atoms with Crippen molar-refractivity contribution in [2.24, 2.45) is 0 Å². The zero-order chi connectivity index (χ0) is 17.5. The predicted molar refractivity (Wildman–Crippen MR) is 97.7 cm³/mol. The molecule has 1 heterocycles. The minimum Gasteiger partial charge on any atom is -0.484 e. The van der Waals surface area contributed by atoms with E-state index in [1.54, 1.807) is 16.9 Å². The number of nitrogens with zero attached hydrogens (tertiary/aromatic N) is 2. The van der Waals surface area contributed by atoms with Gasteiger partial charge in [0.1, 0.15) is 11.6 Å². The van der Waals surface area contributed by atoms with Crippen molar-refractivity contribution in [1.82, 2.24) is 9.78 Å². The molecule has 0 saturated carbocycles. The molecule has 0 saturated heterocycles. The van der Waals surface area contributed by atoms with E-state index in [1.807, 2.05) is 54.6 Å². The number of anilines is 1. The lowest BCUT2D eigenvalue weighted by molar-refractivity contribution is -0.118. The van der Waals surface area contributed by atoms with Gasteiger partial charge in [0.25, 0.3) is 5.91 Å². The fourth-order valence-electron chi connectivity index (χ4n) is 2.50. The number of hydrogen-bond donors (Lipinski definition) is 1. The van der Waals surface area contributed by atoms with Gasteiger partial charge in [0.2, 0.25) is 0 Å². The minimum atomic E-state index is -0.211. The highest BCUT2D eigenvalue weighted by Gasteiger charge is 2.09. The number of aryl methyl sites for hydroxylation is 1. The summed E-state index contributed by atoms with van der Waals surface area (Å²) in [5.41, 5.74) is 2.30. The van der Waals surface area contributed by atoms with E-state index in [0.29, 0.717) is 18.1 Å². The highest BCUT2D eigenvalue weighted by molar-refractivity contribution is 5.91. The summed E-state index contributed by atoms with van der Waals surface area (Å²) < 4.78 is 7.33. The molecular weight excluding hydrogens is 314 g/mol. The molecule has 2 aromatic carbocycles. The van der Waals surface area contributed by atoms with Crippen LogP contribution in [0.25, 0.3) is 0 Å². The largest absolute Gasteiger partial charge is 0.484 e. The van der Waals surface area contributed by atoms with Gasteiger partial charge in [-0.05, 0) is 29.7 Å². The van der Waals surface area contributed by atoms with Gasteiger partial charge in [-0.15, -0.1) is 0 Å². The van der Waals surface area contributed by atoms with Crippen LogP contribution in [0.1, 0.15) is 18.1 Å². The van der Waals surface area contributed by atoms with E-state index < -0.39 is 0 Å². The molecule has 0 aliphatic heterocycles. The molecule has 0 bridgehead atoms. The van der Waals surface area contributed by atoms with Crippen LogP contribution >= 0.6 is 0 Å². The molecule has 3 rings (SSSR count). The van der Waals surface area contributed by atoms with E-state index in [0.717, 1.165) is 12.0 Å². The Morgan fingerprint density at radius 2 is 1.88 bits per heavy atom. The molecular formula is C20H21N3O2. The Labute approximate surface area is 147 Å². The average Bonchev–Trinajstić information content (AvgIpc) is 3.07. The molecule has 3 aromatic rings. The first-order valence-electron chi connectivity index (χ1n) is 8.32. The number of amides is 1. The van der Waals surface area contributed by atoms with Gasteiger partial charge in [0.15, 0.2) is 6.61 Å². The van der Waals surface area contributed by atoms with Crippen molar-refractivity contribution < 1.29 is 9.53 Å². The average molecular weight is 335 g/mol. The van der Waals surface area contributed by atoms with Crippen LogP contribution < -0.4 is 10.1 Å². The fourth-order valence-corrected chi connectivity index (χ4v) is 2.50. The van der Waals surface area contributed by atoms with Crippen molar-refractivity contribution in [3.63, 3.8) is 0 Å². The third-order valence-electron chi connectivity index (χ3n) is 3.84. The second-order valence-electron chi connectivity index (χ2n) is 5.70. The Hall–Kier alpha value is -3.08. The van der Waals surface area contributed by atoms with Gasteiger partial charge >= 0.3 is 0 Å². The molecule has 0 aliphatic rings. The van der Waals surface area contributed by atoms with Crippen LogP contribution in [0, 0.1) is 0 Å². The van der Waals surface area contributed by atoms with Crippen LogP contribution in [0.3, 0.4) is 0 Å². The number of carbonyl (C=O) groups is 1. The third kappa shape index (κ3) is 4.70. The number of rotatable bonds is 7. The van der Waals surface area contributed by atoms with E-state index in [2.05, 4.69) is 17.3 Å². The van der Waals surface area contributed by atoms with Crippen molar-refractivity contribution in [1.29, 1.82) is 0 Å². The Morgan fingerprint density at radius 1 is 1.08 bits per heavy atom.